The molecule has 1 aromatic heterocycles. The number of carbonyl (C=O) groups is 1. The van der Waals surface area contributed by atoms with E-state index in [9.17, 15) is 9.59 Å². The predicted octanol–water partition coefficient (Wildman–Crippen LogP) is 2.21. The fourth-order valence-corrected chi connectivity index (χ4v) is 3.92. The zero-order valence-corrected chi connectivity index (χ0v) is 16.6. The number of fused-ring (bicyclic) bond motifs is 1. The Morgan fingerprint density at radius 2 is 1.97 bits per heavy atom. The van der Waals surface area contributed by atoms with Gasteiger partial charge in [-0.2, -0.15) is 5.10 Å². The van der Waals surface area contributed by atoms with Crippen molar-refractivity contribution in [1.29, 1.82) is 0 Å². The fourth-order valence-electron chi connectivity index (χ4n) is 3.92. The smallest absolute Gasteiger partial charge is 0.279 e. The first-order valence-corrected chi connectivity index (χ1v) is 9.80. The molecule has 150 valence electrons. The Hall–Kier alpha value is -3.19. The summed E-state index contributed by atoms with van der Waals surface area (Å²) in [5, 5.41) is 8.27. The number of para-hydroxylation sites is 2. The highest BCUT2D eigenvalue weighted by Crippen LogP contribution is 2.30. The standard InChI is InChI=1S/C22H24N4O3/c1-3-26-17-10-6-4-9-16(17)21(27)20(24-26)22(28)25-13-12-23-14-18(25)15-8-5-7-11-19(15)29-2/h4-11,18,23H,3,12-14H2,1-2H3. The maximum absolute atomic E-state index is 13.5. The van der Waals surface area contributed by atoms with Crippen molar-refractivity contribution >= 4 is 16.8 Å². The van der Waals surface area contributed by atoms with Gasteiger partial charge in [0.2, 0.25) is 5.43 Å². The summed E-state index contributed by atoms with van der Waals surface area (Å²) in [6.07, 6.45) is 0. The largest absolute Gasteiger partial charge is 0.496 e. The van der Waals surface area contributed by atoms with Crippen LogP contribution in [0.25, 0.3) is 10.9 Å². The number of nitrogens with one attached hydrogen (secondary N) is 1. The Kier molecular flexibility index (Phi) is 5.31. The minimum Gasteiger partial charge on any atom is -0.496 e. The molecule has 1 fully saturated rings. The van der Waals surface area contributed by atoms with Crippen LogP contribution in [0.3, 0.4) is 0 Å². The first-order valence-electron chi connectivity index (χ1n) is 9.80. The molecule has 3 aromatic rings. The molecular weight excluding hydrogens is 368 g/mol. The van der Waals surface area contributed by atoms with Crippen LogP contribution in [-0.4, -0.2) is 47.3 Å². The Morgan fingerprint density at radius 1 is 1.21 bits per heavy atom. The number of hydrogen-bond donors (Lipinski definition) is 1. The van der Waals surface area contributed by atoms with Crippen molar-refractivity contribution in [3.63, 3.8) is 0 Å². The molecule has 2 aromatic carbocycles. The van der Waals surface area contributed by atoms with E-state index in [1.807, 2.05) is 43.3 Å². The second kappa shape index (κ2) is 8.05. The molecule has 1 saturated heterocycles. The molecule has 1 amide bonds. The average Bonchev–Trinajstić information content (AvgIpc) is 2.79. The van der Waals surface area contributed by atoms with E-state index in [1.165, 1.54) is 0 Å². The Morgan fingerprint density at radius 3 is 2.76 bits per heavy atom. The molecule has 0 radical (unpaired) electrons. The maximum Gasteiger partial charge on any atom is 0.279 e. The molecule has 1 aliphatic heterocycles. The van der Waals surface area contributed by atoms with E-state index in [0.717, 1.165) is 16.8 Å². The number of ether oxygens (including phenoxy) is 1. The summed E-state index contributed by atoms with van der Waals surface area (Å²) in [6.45, 7) is 4.25. The third-order valence-corrected chi connectivity index (χ3v) is 5.37. The van der Waals surface area contributed by atoms with Gasteiger partial charge in [-0.15, -0.1) is 0 Å². The number of piperazine rings is 1. The summed E-state index contributed by atoms with van der Waals surface area (Å²) in [5.74, 6) is 0.372. The Labute approximate surface area is 168 Å². The van der Waals surface area contributed by atoms with Gasteiger partial charge in [-0.3, -0.25) is 14.3 Å². The van der Waals surface area contributed by atoms with Gasteiger partial charge in [0.15, 0.2) is 5.69 Å². The van der Waals surface area contributed by atoms with E-state index in [0.29, 0.717) is 31.6 Å². The number of rotatable bonds is 4. The Balaban J connectivity index is 1.80. The van der Waals surface area contributed by atoms with Crippen LogP contribution in [0.15, 0.2) is 53.3 Å². The molecule has 1 unspecified atom stereocenters. The quantitative estimate of drug-likeness (QED) is 0.737. The summed E-state index contributed by atoms with van der Waals surface area (Å²) in [4.78, 5) is 28.3. The molecular formula is C22H24N4O3. The first kappa shape index (κ1) is 19.1. The summed E-state index contributed by atoms with van der Waals surface area (Å²) >= 11 is 0. The minimum absolute atomic E-state index is 0.0349. The van der Waals surface area contributed by atoms with Gasteiger partial charge in [0.25, 0.3) is 5.91 Å². The number of amides is 1. The number of methoxy groups -OCH3 is 1. The van der Waals surface area contributed by atoms with Gasteiger partial charge in [0.1, 0.15) is 5.75 Å². The minimum atomic E-state index is -0.347. The lowest BCUT2D eigenvalue weighted by atomic mass is 10.0. The van der Waals surface area contributed by atoms with Crippen LogP contribution in [0.1, 0.15) is 29.0 Å². The Bertz CT molecular complexity index is 1110. The first-order chi connectivity index (χ1) is 14.2. The van der Waals surface area contributed by atoms with Crippen molar-refractivity contribution in [3.8, 4) is 5.75 Å². The number of aryl methyl sites for hydroxylation is 1. The lowest BCUT2D eigenvalue weighted by molar-refractivity contribution is 0.0622. The molecule has 1 N–H and O–H groups in total. The van der Waals surface area contributed by atoms with Crippen molar-refractivity contribution in [3.05, 3.63) is 70.0 Å². The van der Waals surface area contributed by atoms with Crippen molar-refractivity contribution in [2.75, 3.05) is 26.7 Å². The molecule has 7 nitrogen and oxygen atoms in total. The molecule has 2 heterocycles. The van der Waals surface area contributed by atoms with Crippen LogP contribution < -0.4 is 15.5 Å². The van der Waals surface area contributed by atoms with Crippen LogP contribution in [-0.2, 0) is 6.54 Å². The van der Waals surface area contributed by atoms with Gasteiger partial charge < -0.3 is 15.0 Å². The molecule has 0 spiro atoms. The number of carbonyl (C=O) groups excluding carboxylic acids is 1. The van der Waals surface area contributed by atoms with E-state index in [4.69, 9.17) is 4.74 Å². The highest BCUT2D eigenvalue weighted by molar-refractivity contribution is 5.95. The molecule has 0 bridgehead atoms. The number of nitrogens with zero attached hydrogens (tertiary/aromatic N) is 3. The maximum atomic E-state index is 13.5. The summed E-state index contributed by atoms with van der Waals surface area (Å²) in [7, 11) is 1.62. The second-order valence-electron chi connectivity index (χ2n) is 6.97. The molecule has 7 heteroatoms. The van der Waals surface area contributed by atoms with Gasteiger partial charge in [0.05, 0.1) is 18.7 Å². The number of aromatic nitrogens is 2. The van der Waals surface area contributed by atoms with Crippen molar-refractivity contribution in [2.24, 2.45) is 0 Å². The van der Waals surface area contributed by atoms with Crippen LogP contribution in [0.4, 0.5) is 0 Å². The third-order valence-electron chi connectivity index (χ3n) is 5.37. The van der Waals surface area contributed by atoms with Gasteiger partial charge in [-0.25, -0.2) is 0 Å². The lowest BCUT2D eigenvalue weighted by Gasteiger charge is -2.36. The van der Waals surface area contributed by atoms with Crippen molar-refractivity contribution < 1.29 is 9.53 Å². The van der Waals surface area contributed by atoms with Crippen LogP contribution >= 0.6 is 0 Å². The normalized spacial score (nSPS) is 16.8. The van der Waals surface area contributed by atoms with Crippen LogP contribution in [0.2, 0.25) is 0 Å². The van der Waals surface area contributed by atoms with Gasteiger partial charge in [-0.1, -0.05) is 30.3 Å². The monoisotopic (exact) mass is 392 g/mol. The van der Waals surface area contributed by atoms with E-state index in [-0.39, 0.29) is 23.1 Å². The molecule has 1 aliphatic rings. The zero-order chi connectivity index (χ0) is 20.4. The zero-order valence-electron chi connectivity index (χ0n) is 16.6. The van der Waals surface area contributed by atoms with Crippen LogP contribution in [0.5, 0.6) is 5.75 Å². The van der Waals surface area contributed by atoms with E-state index >= 15 is 0 Å². The van der Waals surface area contributed by atoms with Crippen molar-refractivity contribution in [2.45, 2.75) is 19.5 Å². The molecule has 0 saturated carbocycles. The molecule has 0 aliphatic carbocycles. The van der Waals surface area contributed by atoms with E-state index < -0.39 is 0 Å². The van der Waals surface area contributed by atoms with E-state index in [2.05, 4.69) is 10.4 Å². The van der Waals surface area contributed by atoms with Gasteiger partial charge in [0, 0.05) is 37.1 Å². The highest BCUT2D eigenvalue weighted by Gasteiger charge is 2.32. The van der Waals surface area contributed by atoms with Gasteiger partial charge >= 0.3 is 0 Å². The molecule has 1 atom stereocenters. The lowest BCUT2D eigenvalue weighted by Crippen LogP contribution is -2.50. The van der Waals surface area contributed by atoms with Gasteiger partial charge in [-0.05, 0) is 25.1 Å². The number of benzene rings is 2. The third kappa shape index (κ3) is 3.38. The SMILES string of the molecule is CCn1nc(C(=O)N2CCNCC2c2ccccc2OC)c(=O)c2ccccc21. The van der Waals surface area contributed by atoms with Crippen molar-refractivity contribution in [1.82, 2.24) is 20.0 Å². The van der Waals surface area contributed by atoms with Crippen LogP contribution in [0, 0.1) is 0 Å². The van der Waals surface area contributed by atoms with E-state index in [1.54, 1.807) is 28.8 Å². The number of hydrogen-bond acceptors (Lipinski definition) is 5. The topological polar surface area (TPSA) is 76.5 Å². The molecule has 4 rings (SSSR count). The predicted molar refractivity (Wildman–Crippen MR) is 111 cm³/mol. The molecule has 29 heavy (non-hydrogen) atoms. The highest BCUT2D eigenvalue weighted by atomic mass is 16.5. The fraction of sp³-hybridized carbons (Fsp3) is 0.318. The summed E-state index contributed by atoms with van der Waals surface area (Å²) in [5.41, 5.74) is 1.28. The average molecular weight is 392 g/mol. The summed E-state index contributed by atoms with van der Waals surface area (Å²) in [6, 6.07) is 14.7. The summed E-state index contributed by atoms with van der Waals surface area (Å²) < 4.78 is 7.22. The second-order valence-corrected chi connectivity index (χ2v) is 6.97.